The maximum absolute atomic E-state index is 11.8. The maximum atomic E-state index is 11.8. The summed E-state index contributed by atoms with van der Waals surface area (Å²) in [6.45, 7) is 9.63. The van der Waals surface area contributed by atoms with Crippen molar-refractivity contribution in [3.63, 3.8) is 0 Å². The van der Waals surface area contributed by atoms with Gasteiger partial charge in [0.1, 0.15) is 5.69 Å². The Morgan fingerprint density at radius 1 is 1.38 bits per heavy atom. The van der Waals surface area contributed by atoms with E-state index in [1.807, 2.05) is 17.0 Å². The molecule has 0 saturated heterocycles. The van der Waals surface area contributed by atoms with Gasteiger partial charge in [-0.05, 0) is 27.7 Å². The molecule has 0 aliphatic rings. The molecule has 0 saturated carbocycles. The molecule has 1 amide bonds. The number of nitrogens with one attached hydrogen (secondary N) is 2. The summed E-state index contributed by atoms with van der Waals surface area (Å²) in [5, 5.41) is 10.6. The number of imidazole rings is 1. The van der Waals surface area contributed by atoms with Gasteiger partial charge in [0.05, 0.1) is 22.9 Å². The van der Waals surface area contributed by atoms with Crippen LogP contribution in [-0.2, 0) is 16.8 Å². The fraction of sp³-hybridized carbons (Fsp3) is 0.471. The minimum Gasteiger partial charge on any atom is -0.348 e. The van der Waals surface area contributed by atoms with Gasteiger partial charge in [-0.1, -0.05) is 0 Å². The molecule has 0 bridgehead atoms. The summed E-state index contributed by atoms with van der Waals surface area (Å²) in [5.41, 5.74) is 1.37. The van der Waals surface area contributed by atoms with Crippen LogP contribution in [0.5, 0.6) is 0 Å². The predicted octanol–water partition coefficient (Wildman–Crippen LogP) is 2.61. The summed E-state index contributed by atoms with van der Waals surface area (Å²) in [6.07, 6.45) is 3.92. The summed E-state index contributed by atoms with van der Waals surface area (Å²) in [7, 11) is 0. The molecule has 8 nitrogen and oxygen atoms in total. The zero-order valence-electron chi connectivity index (χ0n) is 15.6. The number of aryl methyl sites for hydroxylation is 1. The van der Waals surface area contributed by atoms with Crippen molar-refractivity contribution < 1.29 is 4.79 Å². The minimum absolute atomic E-state index is 0.121. The Morgan fingerprint density at radius 3 is 2.69 bits per heavy atom. The summed E-state index contributed by atoms with van der Waals surface area (Å²) in [5.74, 6) is 1.14. The normalized spacial score (nSPS) is 13.0. The highest BCUT2D eigenvalue weighted by Gasteiger charge is 2.28. The van der Waals surface area contributed by atoms with Gasteiger partial charge >= 0.3 is 0 Å². The van der Waals surface area contributed by atoms with Crippen molar-refractivity contribution in [2.24, 2.45) is 0 Å². The van der Waals surface area contributed by atoms with Crippen LogP contribution >= 0.6 is 11.3 Å². The van der Waals surface area contributed by atoms with Crippen LogP contribution in [0.25, 0.3) is 11.5 Å². The lowest BCUT2D eigenvalue weighted by Gasteiger charge is -2.25. The predicted molar refractivity (Wildman–Crippen MR) is 99.7 cm³/mol. The van der Waals surface area contributed by atoms with Gasteiger partial charge in [0.15, 0.2) is 5.82 Å². The van der Waals surface area contributed by atoms with Crippen molar-refractivity contribution in [2.75, 3.05) is 0 Å². The number of rotatable bonds is 5. The Labute approximate surface area is 156 Å². The van der Waals surface area contributed by atoms with E-state index in [1.165, 1.54) is 6.92 Å². The summed E-state index contributed by atoms with van der Waals surface area (Å²) < 4.78 is 1.87. The third-order valence-corrected chi connectivity index (χ3v) is 4.56. The molecule has 0 aromatic carbocycles. The number of amides is 1. The lowest BCUT2D eigenvalue weighted by atomic mass is 10.1. The molecule has 26 heavy (non-hydrogen) atoms. The number of thiazole rings is 1. The lowest BCUT2D eigenvalue weighted by molar-refractivity contribution is -0.119. The van der Waals surface area contributed by atoms with E-state index in [0.717, 1.165) is 16.4 Å². The number of carbonyl (C=O) groups excluding carboxylic acids is 1. The molecular weight excluding hydrogens is 350 g/mol. The molecule has 0 aliphatic heterocycles. The van der Waals surface area contributed by atoms with Crippen LogP contribution in [0, 0.1) is 6.92 Å². The van der Waals surface area contributed by atoms with Crippen molar-refractivity contribution in [1.29, 1.82) is 0 Å². The monoisotopic (exact) mass is 373 g/mol. The molecule has 1 atom stereocenters. The van der Waals surface area contributed by atoms with E-state index in [9.17, 15) is 4.79 Å². The van der Waals surface area contributed by atoms with Crippen LogP contribution in [0.1, 0.15) is 50.3 Å². The van der Waals surface area contributed by atoms with Crippen molar-refractivity contribution >= 4 is 17.2 Å². The first-order valence-electron chi connectivity index (χ1n) is 8.38. The SMILES string of the molecule is CC(=O)N[C@@H](Cc1cnc[nH]1)c1nc(-c2csc(C)n2)nn1C(C)(C)C. The molecule has 2 N–H and O–H groups in total. The fourth-order valence-electron chi connectivity index (χ4n) is 2.69. The van der Waals surface area contributed by atoms with Crippen LogP contribution in [0.2, 0.25) is 0 Å². The molecule has 138 valence electrons. The van der Waals surface area contributed by atoms with Crippen molar-refractivity contribution in [2.45, 2.75) is 52.6 Å². The van der Waals surface area contributed by atoms with Crippen LogP contribution in [0.4, 0.5) is 0 Å². The third kappa shape index (κ3) is 3.98. The first-order chi connectivity index (χ1) is 12.2. The lowest BCUT2D eigenvalue weighted by Crippen LogP contribution is -2.34. The average Bonchev–Trinajstić information content (AvgIpc) is 3.23. The number of aromatic amines is 1. The first kappa shape index (κ1) is 18.2. The average molecular weight is 373 g/mol. The topological polar surface area (TPSA) is 101 Å². The second-order valence-electron chi connectivity index (χ2n) is 7.16. The van der Waals surface area contributed by atoms with Gasteiger partial charge in [0.2, 0.25) is 11.7 Å². The molecule has 0 unspecified atom stereocenters. The largest absolute Gasteiger partial charge is 0.348 e. The molecule has 0 radical (unpaired) electrons. The van der Waals surface area contributed by atoms with Gasteiger partial charge in [-0.2, -0.15) is 0 Å². The van der Waals surface area contributed by atoms with E-state index < -0.39 is 0 Å². The molecule has 3 rings (SSSR count). The summed E-state index contributed by atoms with van der Waals surface area (Å²) in [6, 6.07) is -0.326. The van der Waals surface area contributed by atoms with Gasteiger partial charge in [-0.3, -0.25) is 4.79 Å². The molecule has 0 aliphatic carbocycles. The Balaban J connectivity index is 2.06. The Bertz CT molecular complexity index is 889. The van der Waals surface area contributed by atoms with Crippen molar-refractivity contribution in [1.82, 2.24) is 35.0 Å². The van der Waals surface area contributed by atoms with E-state index in [4.69, 9.17) is 10.1 Å². The quantitative estimate of drug-likeness (QED) is 0.716. The van der Waals surface area contributed by atoms with Crippen LogP contribution in [0.15, 0.2) is 17.9 Å². The molecular formula is C17H23N7OS. The van der Waals surface area contributed by atoms with E-state index in [-0.39, 0.29) is 17.5 Å². The highest BCUT2D eigenvalue weighted by atomic mass is 32.1. The van der Waals surface area contributed by atoms with E-state index in [2.05, 4.69) is 41.0 Å². The number of aromatic nitrogens is 6. The zero-order valence-corrected chi connectivity index (χ0v) is 16.4. The van der Waals surface area contributed by atoms with Crippen LogP contribution in [0.3, 0.4) is 0 Å². The Kier molecular flexibility index (Phi) is 4.90. The molecule has 9 heteroatoms. The minimum atomic E-state index is -0.326. The van der Waals surface area contributed by atoms with Gasteiger partial charge in [-0.25, -0.2) is 19.6 Å². The second kappa shape index (κ2) is 6.99. The van der Waals surface area contributed by atoms with Gasteiger partial charge in [0, 0.05) is 30.6 Å². The van der Waals surface area contributed by atoms with E-state index >= 15 is 0 Å². The van der Waals surface area contributed by atoms with Gasteiger partial charge in [0.25, 0.3) is 0 Å². The molecule has 3 aromatic rings. The zero-order chi connectivity index (χ0) is 18.9. The summed E-state index contributed by atoms with van der Waals surface area (Å²) >= 11 is 1.56. The van der Waals surface area contributed by atoms with Crippen molar-refractivity contribution in [3.05, 3.63) is 34.4 Å². The fourth-order valence-corrected chi connectivity index (χ4v) is 3.28. The summed E-state index contributed by atoms with van der Waals surface area (Å²) in [4.78, 5) is 28.2. The number of carbonyl (C=O) groups is 1. The highest BCUT2D eigenvalue weighted by molar-refractivity contribution is 7.09. The number of hydrogen-bond donors (Lipinski definition) is 2. The standard InChI is InChI=1S/C17H23N7OS/c1-10(25)20-13(6-12-7-18-9-19-12)16-22-15(14-8-26-11(2)21-14)23-24(16)17(3,4)5/h7-9,13H,6H2,1-5H3,(H,18,19)(H,20,25)/t13-/m0/s1. The molecule has 3 heterocycles. The van der Waals surface area contributed by atoms with E-state index in [1.54, 1.807) is 23.9 Å². The number of H-pyrrole nitrogens is 1. The highest BCUT2D eigenvalue weighted by Crippen LogP contribution is 2.26. The first-order valence-corrected chi connectivity index (χ1v) is 9.26. The van der Waals surface area contributed by atoms with Crippen molar-refractivity contribution in [3.8, 4) is 11.5 Å². The Morgan fingerprint density at radius 2 is 2.15 bits per heavy atom. The number of hydrogen-bond acceptors (Lipinski definition) is 6. The van der Waals surface area contributed by atoms with Crippen LogP contribution in [-0.4, -0.2) is 35.6 Å². The molecule has 0 spiro atoms. The molecule has 0 fully saturated rings. The smallest absolute Gasteiger partial charge is 0.217 e. The van der Waals surface area contributed by atoms with Crippen LogP contribution < -0.4 is 5.32 Å². The van der Waals surface area contributed by atoms with Gasteiger partial charge in [-0.15, -0.1) is 16.4 Å². The number of nitrogens with zero attached hydrogens (tertiary/aromatic N) is 5. The van der Waals surface area contributed by atoms with Gasteiger partial charge < -0.3 is 10.3 Å². The maximum Gasteiger partial charge on any atom is 0.217 e. The third-order valence-electron chi connectivity index (χ3n) is 3.78. The second-order valence-corrected chi connectivity index (χ2v) is 8.22. The van der Waals surface area contributed by atoms with E-state index in [0.29, 0.717) is 18.1 Å². The molecule has 3 aromatic heterocycles. The Hall–Kier alpha value is -2.55.